The molecule has 0 aromatic carbocycles. The molecule has 0 amide bonds. The van der Waals surface area contributed by atoms with E-state index in [2.05, 4.69) is 44.8 Å². The van der Waals surface area contributed by atoms with Gasteiger partial charge < -0.3 is 15.0 Å². The fraction of sp³-hybridized carbons (Fsp3) is 1.00. The Balaban J connectivity index is 2.46. The predicted molar refractivity (Wildman–Crippen MR) is 78.0 cm³/mol. The lowest BCUT2D eigenvalue weighted by Crippen LogP contribution is -2.48. The van der Waals surface area contributed by atoms with Crippen LogP contribution in [0.5, 0.6) is 0 Å². The molecule has 1 saturated heterocycles. The smallest absolute Gasteiger partial charge is 0.0673 e. The standard InChI is InChI=1S/C15H32N2O/c1-6-8-16-14(3)15(4,5)12-17-9-7-10-18-13(2)11-17/h13-14,16H,6-12H2,1-5H3. The number of hydrogen-bond acceptors (Lipinski definition) is 3. The lowest BCUT2D eigenvalue weighted by Gasteiger charge is -2.37. The van der Waals surface area contributed by atoms with Crippen molar-refractivity contribution in [3.8, 4) is 0 Å². The summed E-state index contributed by atoms with van der Waals surface area (Å²) < 4.78 is 5.72. The van der Waals surface area contributed by atoms with E-state index in [9.17, 15) is 0 Å². The van der Waals surface area contributed by atoms with Gasteiger partial charge in [0.2, 0.25) is 0 Å². The third-order valence-electron chi connectivity index (χ3n) is 4.04. The van der Waals surface area contributed by atoms with Gasteiger partial charge in [0, 0.05) is 32.3 Å². The minimum absolute atomic E-state index is 0.305. The van der Waals surface area contributed by atoms with E-state index >= 15 is 0 Å². The summed E-state index contributed by atoms with van der Waals surface area (Å²) in [7, 11) is 0. The van der Waals surface area contributed by atoms with Crippen molar-refractivity contribution >= 4 is 0 Å². The van der Waals surface area contributed by atoms with E-state index in [1.165, 1.54) is 13.0 Å². The minimum atomic E-state index is 0.305. The van der Waals surface area contributed by atoms with Crippen LogP contribution in [0.15, 0.2) is 0 Å². The Morgan fingerprint density at radius 2 is 2.17 bits per heavy atom. The Labute approximate surface area is 113 Å². The summed E-state index contributed by atoms with van der Waals surface area (Å²) in [5, 5.41) is 3.63. The molecule has 18 heavy (non-hydrogen) atoms. The first-order valence-corrected chi connectivity index (χ1v) is 7.53. The molecule has 2 unspecified atom stereocenters. The van der Waals surface area contributed by atoms with Gasteiger partial charge in [-0.2, -0.15) is 0 Å². The molecule has 1 aliphatic heterocycles. The Kier molecular flexibility index (Phi) is 6.61. The lowest BCUT2D eigenvalue weighted by molar-refractivity contribution is 0.0586. The number of rotatable bonds is 6. The van der Waals surface area contributed by atoms with Gasteiger partial charge in [0.05, 0.1) is 6.10 Å². The van der Waals surface area contributed by atoms with E-state index < -0.39 is 0 Å². The molecule has 2 atom stereocenters. The maximum atomic E-state index is 5.72. The predicted octanol–water partition coefficient (Wildman–Crippen LogP) is 2.51. The van der Waals surface area contributed by atoms with Crippen LogP contribution in [0.4, 0.5) is 0 Å². The van der Waals surface area contributed by atoms with Gasteiger partial charge in [-0.3, -0.25) is 0 Å². The number of ether oxygens (including phenoxy) is 1. The Hall–Kier alpha value is -0.120. The van der Waals surface area contributed by atoms with Crippen molar-refractivity contribution in [3.05, 3.63) is 0 Å². The van der Waals surface area contributed by atoms with E-state index in [4.69, 9.17) is 4.74 Å². The second-order valence-electron chi connectivity index (χ2n) is 6.43. The van der Waals surface area contributed by atoms with Crippen LogP contribution in [-0.2, 0) is 4.74 Å². The highest BCUT2D eigenvalue weighted by Crippen LogP contribution is 2.23. The minimum Gasteiger partial charge on any atom is -0.377 e. The summed E-state index contributed by atoms with van der Waals surface area (Å²) in [5.41, 5.74) is 0.305. The third-order valence-corrected chi connectivity index (χ3v) is 4.04. The third kappa shape index (κ3) is 5.25. The SMILES string of the molecule is CCCNC(C)C(C)(C)CN1CCCOC(C)C1. The van der Waals surface area contributed by atoms with Crippen molar-refractivity contribution in [2.45, 2.75) is 59.6 Å². The van der Waals surface area contributed by atoms with E-state index in [0.717, 1.165) is 32.7 Å². The van der Waals surface area contributed by atoms with E-state index in [1.54, 1.807) is 0 Å². The second kappa shape index (κ2) is 7.46. The molecule has 1 aliphatic rings. The van der Waals surface area contributed by atoms with Gasteiger partial charge in [0.25, 0.3) is 0 Å². The second-order valence-corrected chi connectivity index (χ2v) is 6.43. The molecule has 108 valence electrons. The van der Waals surface area contributed by atoms with Crippen LogP contribution in [-0.4, -0.2) is 49.8 Å². The first kappa shape index (κ1) is 15.9. The summed E-state index contributed by atoms with van der Waals surface area (Å²) in [6.45, 7) is 16.9. The van der Waals surface area contributed by atoms with Gasteiger partial charge in [-0.1, -0.05) is 20.8 Å². The first-order valence-electron chi connectivity index (χ1n) is 7.53. The van der Waals surface area contributed by atoms with Crippen molar-refractivity contribution in [2.75, 3.05) is 32.8 Å². The van der Waals surface area contributed by atoms with Gasteiger partial charge >= 0.3 is 0 Å². The van der Waals surface area contributed by atoms with Crippen LogP contribution >= 0.6 is 0 Å². The molecule has 1 fully saturated rings. The number of hydrogen-bond donors (Lipinski definition) is 1. The topological polar surface area (TPSA) is 24.5 Å². The maximum Gasteiger partial charge on any atom is 0.0673 e. The zero-order valence-corrected chi connectivity index (χ0v) is 13.0. The van der Waals surface area contributed by atoms with Crippen molar-refractivity contribution in [2.24, 2.45) is 5.41 Å². The average Bonchev–Trinajstić information content (AvgIpc) is 2.49. The van der Waals surface area contributed by atoms with E-state index in [-0.39, 0.29) is 0 Å². The molecular formula is C15H32N2O. The van der Waals surface area contributed by atoms with Gasteiger partial charge in [0.1, 0.15) is 0 Å². The molecule has 0 radical (unpaired) electrons. The Bertz CT molecular complexity index is 231. The highest BCUT2D eigenvalue weighted by molar-refractivity contribution is 4.85. The molecule has 0 aromatic rings. The molecule has 0 bridgehead atoms. The van der Waals surface area contributed by atoms with Crippen molar-refractivity contribution < 1.29 is 4.74 Å². The van der Waals surface area contributed by atoms with Crippen LogP contribution in [0.2, 0.25) is 0 Å². The molecule has 3 heteroatoms. The fourth-order valence-electron chi connectivity index (χ4n) is 2.57. The molecule has 0 aromatic heterocycles. The molecule has 1 rings (SSSR count). The van der Waals surface area contributed by atoms with Crippen LogP contribution in [0, 0.1) is 5.41 Å². The summed E-state index contributed by atoms with van der Waals surface area (Å²) >= 11 is 0. The molecular weight excluding hydrogens is 224 g/mol. The zero-order chi connectivity index (χ0) is 13.6. The average molecular weight is 256 g/mol. The summed E-state index contributed by atoms with van der Waals surface area (Å²) in [5.74, 6) is 0. The first-order chi connectivity index (χ1) is 8.45. The van der Waals surface area contributed by atoms with Gasteiger partial charge in [-0.25, -0.2) is 0 Å². The van der Waals surface area contributed by atoms with Crippen LogP contribution in [0.3, 0.4) is 0 Å². The lowest BCUT2D eigenvalue weighted by atomic mass is 9.84. The molecule has 1 heterocycles. The molecule has 3 nitrogen and oxygen atoms in total. The van der Waals surface area contributed by atoms with Crippen molar-refractivity contribution in [1.82, 2.24) is 10.2 Å². The summed E-state index contributed by atoms with van der Waals surface area (Å²) in [4.78, 5) is 2.57. The number of nitrogens with zero attached hydrogens (tertiary/aromatic N) is 1. The normalized spacial score (nSPS) is 24.8. The highest BCUT2D eigenvalue weighted by atomic mass is 16.5. The van der Waals surface area contributed by atoms with Crippen LogP contribution in [0.25, 0.3) is 0 Å². The fourth-order valence-corrected chi connectivity index (χ4v) is 2.57. The van der Waals surface area contributed by atoms with Gasteiger partial charge in [-0.05, 0) is 38.6 Å². The highest BCUT2D eigenvalue weighted by Gasteiger charge is 2.29. The molecule has 0 saturated carbocycles. The monoisotopic (exact) mass is 256 g/mol. The largest absolute Gasteiger partial charge is 0.377 e. The van der Waals surface area contributed by atoms with E-state index in [0.29, 0.717) is 17.6 Å². The Morgan fingerprint density at radius 1 is 1.44 bits per heavy atom. The zero-order valence-electron chi connectivity index (χ0n) is 13.0. The summed E-state index contributed by atoms with van der Waals surface area (Å²) in [6, 6.07) is 0.553. The van der Waals surface area contributed by atoms with Crippen LogP contribution in [0.1, 0.15) is 47.5 Å². The molecule has 1 N–H and O–H groups in total. The number of nitrogens with one attached hydrogen (secondary N) is 1. The van der Waals surface area contributed by atoms with Crippen LogP contribution < -0.4 is 5.32 Å². The van der Waals surface area contributed by atoms with E-state index in [1.807, 2.05) is 0 Å². The maximum absolute atomic E-state index is 5.72. The quantitative estimate of drug-likeness (QED) is 0.790. The Morgan fingerprint density at radius 3 is 2.83 bits per heavy atom. The van der Waals surface area contributed by atoms with Gasteiger partial charge in [0.15, 0.2) is 0 Å². The molecule has 0 spiro atoms. The van der Waals surface area contributed by atoms with Crippen molar-refractivity contribution in [1.29, 1.82) is 0 Å². The molecule has 0 aliphatic carbocycles. The van der Waals surface area contributed by atoms with Crippen molar-refractivity contribution in [3.63, 3.8) is 0 Å². The van der Waals surface area contributed by atoms with Gasteiger partial charge in [-0.15, -0.1) is 0 Å². The summed E-state index contributed by atoms with van der Waals surface area (Å²) in [6.07, 6.45) is 2.74.